The number of nitrogen functional groups attached to an aromatic ring is 1. The van der Waals surface area contributed by atoms with E-state index < -0.39 is 0 Å². The van der Waals surface area contributed by atoms with Gasteiger partial charge in [0.25, 0.3) is 0 Å². The van der Waals surface area contributed by atoms with Gasteiger partial charge in [0.05, 0.1) is 11.9 Å². The number of carbonyl (C=O) groups excluding carboxylic acids is 1. The number of likely N-dealkylation sites (N-methyl/N-ethyl adjacent to an activating group) is 1. The van der Waals surface area contributed by atoms with Crippen LogP contribution >= 0.6 is 11.8 Å². The molecule has 0 aliphatic heterocycles. The number of nitrogens with two attached hydrogens (primary N) is 1. The SMILES string of the molecule is CSc1ccc(CN(C)C(=O)Cn2cc(N)cn2)cc1. The molecule has 2 aromatic rings. The summed E-state index contributed by atoms with van der Waals surface area (Å²) in [6.45, 7) is 0.793. The van der Waals surface area contributed by atoms with Crippen molar-refractivity contribution >= 4 is 23.4 Å². The molecule has 1 amide bonds. The predicted molar refractivity (Wildman–Crippen MR) is 81.3 cm³/mol. The maximum Gasteiger partial charge on any atom is 0.244 e. The summed E-state index contributed by atoms with van der Waals surface area (Å²) < 4.78 is 1.55. The molecular formula is C14H18N4OS. The third kappa shape index (κ3) is 3.77. The average molecular weight is 290 g/mol. The number of hydrogen-bond donors (Lipinski definition) is 1. The molecule has 0 aliphatic rings. The van der Waals surface area contributed by atoms with Crippen LogP contribution in [-0.4, -0.2) is 33.9 Å². The van der Waals surface area contributed by atoms with Crippen molar-refractivity contribution in [3.63, 3.8) is 0 Å². The average Bonchev–Trinajstić information content (AvgIpc) is 2.85. The summed E-state index contributed by atoms with van der Waals surface area (Å²) in [6, 6.07) is 8.21. The van der Waals surface area contributed by atoms with Crippen LogP contribution in [0, 0.1) is 0 Å². The van der Waals surface area contributed by atoms with Crippen molar-refractivity contribution in [2.75, 3.05) is 19.0 Å². The zero-order valence-electron chi connectivity index (χ0n) is 11.6. The second kappa shape index (κ2) is 6.47. The molecule has 0 saturated carbocycles. The van der Waals surface area contributed by atoms with E-state index >= 15 is 0 Å². The highest BCUT2D eigenvalue weighted by molar-refractivity contribution is 7.98. The van der Waals surface area contributed by atoms with Gasteiger partial charge in [-0.05, 0) is 24.0 Å². The fourth-order valence-electron chi connectivity index (χ4n) is 1.82. The van der Waals surface area contributed by atoms with Crippen molar-refractivity contribution in [3.05, 3.63) is 42.2 Å². The summed E-state index contributed by atoms with van der Waals surface area (Å²) in [5.74, 6) is 0.00189. The number of thioether (sulfide) groups is 1. The first kappa shape index (κ1) is 14.5. The Kier molecular flexibility index (Phi) is 4.68. The molecule has 0 saturated heterocycles. The van der Waals surface area contributed by atoms with Crippen LogP contribution in [0.4, 0.5) is 5.69 Å². The molecule has 5 nitrogen and oxygen atoms in total. The molecule has 0 aliphatic carbocycles. The van der Waals surface area contributed by atoms with Gasteiger partial charge in [-0.15, -0.1) is 11.8 Å². The zero-order valence-corrected chi connectivity index (χ0v) is 12.4. The van der Waals surface area contributed by atoms with Gasteiger partial charge in [0.15, 0.2) is 0 Å². The lowest BCUT2D eigenvalue weighted by molar-refractivity contribution is -0.131. The Bertz CT molecular complexity index is 579. The molecule has 1 aromatic carbocycles. The minimum atomic E-state index is 0.00189. The Balaban J connectivity index is 1.92. The van der Waals surface area contributed by atoms with Gasteiger partial charge in [-0.1, -0.05) is 12.1 Å². The Hall–Kier alpha value is -1.95. The highest BCUT2D eigenvalue weighted by atomic mass is 32.2. The molecule has 1 heterocycles. The fraction of sp³-hybridized carbons (Fsp3) is 0.286. The van der Waals surface area contributed by atoms with Crippen LogP contribution in [0.5, 0.6) is 0 Å². The first-order chi connectivity index (χ1) is 9.58. The number of benzene rings is 1. The van der Waals surface area contributed by atoms with Crippen LogP contribution in [0.15, 0.2) is 41.6 Å². The van der Waals surface area contributed by atoms with Crippen LogP contribution in [0.1, 0.15) is 5.56 Å². The summed E-state index contributed by atoms with van der Waals surface area (Å²) in [4.78, 5) is 15.0. The fourth-order valence-corrected chi connectivity index (χ4v) is 2.23. The standard InChI is InChI=1S/C14H18N4OS/c1-17(8-11-3-5-13(20-2)6-4-11)14(19)10-18-9-12(15)7-16-18/h3-7,9H,8,10,15H2,1-2H3. The van der Waals surface area contributed by atoms with Crippen LogP contribution in [0.3, 0.4) is 0 Å². The number of rotatable bonds is 5. The molecule has 6 heteroatoms. The number of aromatic nitrogens is 2. The van der Waals surface area contributed by atoms with Crippen molar-refractivity contribution in [2.45, 2.75) is 18.0 Å². The molecule has 0 bridgehead atoms. The lowest BCUT2D eigenvalue weighted by atomic mass is 10.2. The third-order valence-electron chi connectivity index (χ3n) is 2.96. The molecule has 2 rings (SSSR count). The van der Waals surface area contributed by atoms with E-state index in [1.54, 1.807) is 34.6 Å². The summed E-state index contributed by atoms with van der Waals surface area (Å²) in [5.41, 5.74) is 7.24. The smallest absolute Gasteiger partial charge is 0.244 e. The zero-order chi connectivity index (χ0) is 14.5. The first-order valence-electron chi connectivity index (χ1n) is 6.23. The highest BCUT2D eigenvalue weighted by Crippen LogP contribution is 2.15. The Morgan fingerprint density at radius 1 is 1.40 bits per heavy atom. The molecule has 20 heavy (non-hydrogen) atoms. The lowest BCUT2D eigenvalue weighted by Gasteiger charge is -2.17. The van der Waals surface area contributed by atoms with Crippen LogP contribution in [0.2, 0.25) is 0 Å². The van der Waals surface area contributed by atoms with Gasteiger partial charge in [-0.2, -0.15) is 5.10 Å². The van der Waals surface area contributed by atoms with E-state index in [0.717, 1.165) is 5.56 Å². The molecule has 2 N–H and O–H groups in total. The van der Waals surface area contributed by atoms with Crippen molar-refractivity contribution in [1.82, 2.24) is 14.7 Å². The van der Waals surface area contributed by atoms with Crippen molar-refractivity contribution in [2.24, 2.45) is 0 Å². The van der Waals surface area contributed by atoms with Gasteiger partial charge >= 0.3 is 0 Å². The summed E-state index contributed by atoms with van der Waals surface area (Å²) >= 11 is 1.70. The van der Waals surface area contributed by atoms with Crippen LogP contribution in [0.25, 0.3) is 0 Å². The normalized spacial score (nSPS) is 10.5. The van der Waals surface area contributed by atoms with Crippen molar-refractivity contribution in [1.29, 1.82) is 0 Å². The van der Waals surface area contributed by atoms with E-state index in [-0.39, 0.29) is 12.5 Å². The quantitative estimate of drug-likeness (QED) is 0.854. The van der Waals surface area contributed by atoms with E-state index in [4.69, 9.17) is 5.73 Å². The van der Waals surface area contributed by atoms with Gasteiger partial charge in [-0.25, -0.2) is 0 Å². The molecule has 0 unspecified atom stereocenters. The van der Waals surface area contributed by atoms with Crippen molar-refractivity contribution < 1.29 is 4.79 Å². The molecule has 0 fully saturated rings. The van der Waals surface area contributed by atoms with E-state index in [0.29, 0.717) is 12.2 Å². The monoisotopic (exact) mass is 290 g/mol. The van der Waals surface area contributed by atoms with Crippen molar-refractivity contribution in [3.8, 4) is 0 Å². The summed E-state index contributed by atoms with van der Waals surface area (Å²) in [6.07, 6.45) is 5.23. The van der Waals surface area contributed by atoms with Crippen LogP contribution < -0.4 is 5.73 Å². The third-order valence-corrected chi connectivity index (χ3v) is 3.70. The molecule has 0 radical (unpaired) electrons. The van der Waals surface area contributed by atoms with Gasteiger partial charge in [0, 0.05) is 24.7 Å². The number of amides is 1. The van der Waals surface area contributed by atoms with Gasteiger partial charge in [-0.3, -0.25) is 9.48 Å². The number of anilines is 1. The number of carbonyl (C=O) groups is 1. The van der Waals surface area contributed by atoms with Gasteiger partial charge in [0.1, 0.15) is 6.54 Å². The number of nitrogens with zero attached hydrogens (tertiary/aromatic N) is 3. The van der Waals surface area contributed by atoms with Gasteiger partial charge in [0.2, 0.25) is 5.91 Å². The van der Waals surface area contributed by atoms with Crippen LogP contribution in [-0.2, 0) is 17.9 Å². The molecule has 0 spiro atoms. The lowest BCUT2D eigenvalue weighted by Crippen LogP contribution is -2.29. The largest absolute Gasteiger partial charge is 0.396 e. The second-order valence-electron chi connectivity index (χ2n) is 4.57. The van der Waals surface area contributed by atoms with E-state index in [1.807, 2.05) is 18.4 Å². The Morgan fingerprint density at radius 3 is 2.65 bits per heavy atom. The maximum atomic E-state index is 12.1. The summed E-state index contributed by atoms with van der Waals surface area (Å²) in [5, 5.41) is 4.01. The molecule has 106 valence electrons. The minimum absolute atomic E-state index is 0.00189. The molecular weight excluding hydrogens is 272 g/mol. The van der Waals surface area contributed by atoms with E-state index in [1.165, 1.54) is 11.1 Å². The van der Waals surface area contributed by atoms with Gasteiger partial charge < -0.3 is 10.6 Å². The first-order valence-corrected chi connectivity index (χ1v) is 7.46. The number of hydrogen-bond acceptors (Lipinski definition) is 4. The topological polar surface area (TPSA) is 64.2 Å². The minimum Gasteiger partial charge on any atom is -0.396 e. The predicted octanol–water partition coefficient (Wildman–Crippen LogP) is 1.85. The molecule has 0 atom stereocenters. The Labute approximate surface area is 122 Å². The highest BCUT2D eigenvalue weighted by Gasteiger charge is 2.10. The second-order valence-corrected chi connectivity index (χ2v) is 5.45. The van der Waals surface area contributed by atoms with E-state index in [9.17, 15) is 4.79 Å². The molecule has 1 aromatic heterocycles. The van der Waals surface area contributed by atoms with E-state index in [2.05, 4.69) is 17.2 Å². The Morgan fingerprint density at radius 2 is 2.10 bits per heavy atom. The summed E-state index contributed by atoms with van der Waals surface area (Å²) in [7, 11) is 1.79. The maximum absolute atomic E-state index is 12.1.